The summed E-state index contributed by atoms with van der Waals surface area (Å²) >= 11 is 7.12. The number of aromatic carboxylic acids is 1. The quantitative estimate of drug-likeness (QED) is 0.679. The molecule has 0 amide bonds. The molecule has 0 spiro atoms. The van der Waals surface area contributed by atoms with Crippen LogP contribution in [0.2, 0.25) is 5.02 Å². The van der Waals surface area contributed by atoms with Crippen LogP contribution in [-0.2, 0) is 0 Å². The van der Waals surface area contributed by atoms with Gasteiger partial charge in [0.1, 0.15) is 0 Å². The normalized spacial score (nSPS) is 10.2. The van der Waals surface area contributed by atoms with Crippen molar-refractivity contribution in [2.75, 3.05) is 0 Å². The third-order valence-electron chi connectivity index (χ3n) is 2.46. The van der Waals surface area contributed by atoms with Gasteiger partial charge in [0.15, 0.2) is 0 Å². The number of hydrogen-bond acceptors (Lipinski definition) is 4. The second-order valence-electron chi connectivity index (χ2n) is 3.78. The van der Waals surface area contributed by atoms with Gasteiger partial charge < -0.3 is 5.11 Å². The molecular formula is C13H8ClNO4S. The van der Waals surface area contributed by atoms with E-state index in [1.54, 1.807) is 18.2 Å². The van der Waals surface area contributed by atoms with Crippen LogP contribution in [0.25, 0.3) is 0 Å². The zero-order valence-electron chi connectivity index (χ0n) is 9.95. The molecule has 0 radical (unpaired) electrons. The van der Waals surface area contributed by atoms with Gasteiger partial charge in [0.25, 0.3) is 5.69 Å². The fraction of sp³-hybridized carbons (Fsp3) is 0. The Morgan fingerprint density at radius 1 is 1.20 bits per heavy atom. The number of nitro groups is 1. The summed E-state index contributed by atoms with van der Waals surface area (Å²) in [5, 5.41) is 20.0. The predicted octanol–water partition coefficient (Wildman–Crippen LogP) is 4.10. The molecule has 7 heteroatoms. The van der Waals surface area contributed by atoms with E-state index in [0.717, 1.165) is 11.8 Å². The lowest BCUT2D eigenvalue weighted by atomic mass is 10.2. The van der Waals surface area contributed by atoms with E-state index in [1.807, 2.05) is 0 Å². The van der Waals surface area contributed by atoms with Gasteiger partial charge in [-0.05, 0) is 24.3 Å². The topological polar surface area (TPSA) is 80.4 Å². The van der Waals surface area contributed by atoms with Crippen molar-refractivity contribution >= 4 is 35.0 Å². The molecule has 5 nitrogen and oxygen atoms in total. The zero-order valence-corrected chi connectivity index (χ0v) is 11.5. The molecule has 0 fully saturated rings. The molecule has 0 bridgehead atoms. The van der Waals surface area contributed by atoms with Crippen molar-refractivity contribution in [2.45, 2.75) is 9.79 Å². The summed E-state index contributed by atoms with van der Waals surface area (Å²) < 4.78 is 0. The summed E-state index contributed by atoms with van der Waals surface area (Å²) in [6.45, 7) is 0. The van der Waals surface area contributed by atoms with Gasteiger partial charge in [0.05, 0.1) is 20.4 Å². The van der Waals surface area contributed by atoms with Crippen LogP contribution in [0.15, 0.2) is 52.3 Å². The molecule has 0 saturated heterocycles. The minimum Gasteiger partial charge on any atom is -0.478 e. The van der Waals surface area contributed by atoms with E-state index in [0.29, 0.717) is 9.79 Å². The highest BCUT2D eigenvalue weighted by Gasteiger charge is 2.15. The molecule has 2 aromatic rings. The lowest BCUT2D eigenvalue weighted by Gasteiger charge is -2.05. The average molecular weight is 310 g/mol. The van der Waals surface area contributed by atoms with E-state index in [2.05, 4.69) is 0 Å². The number of halogens is 1. The maximum Gasteiger partial charge on any atom is 0.335 e. The van der Waals surface area contributed by atoms with Gasteiger partial charge in [-0.1, -0.05) is 35.5 Å². The van der Waals surface area contributed by atoms with Gasteiger partial charge >= 0.3 is 5.97 Å². The van der Waals surface area contributed by atoms with Crippen molar-refractivity contribution in [1.82, 2.24) is 0 Å². The van der Waals surface area contributed by atoms with Crippen molar-refractivity contribution in [2.24, 2.45) is 0 Å². The highest BCUT2D eigenvalue weighted by Crippen LogP contribution is 2.38. The number of carbonyl (C=O) groups is 1. The number of nitrogens with zero attached hydrogens (tertiary/aromatic N) is 1. The number of rotatable bonds is 4. The molecule has 0 aliphatic heterocycles. The molecule has 20 heavy (non-hydrogen) atoms. The van der Waals surface area contributed by atoms with Crippen LogP contribution in [0, 0.1) is 10.1 Å². The summed E-state index contributed by atoms with van der Waals surface area (Å²) in [7, 11) is 0. The monoisotopic (exact) mass is 309 g/mol. The van der Waals surface area contributed by atoms with Crippen LogP contribution in [0.5, 0.6) is 0 Å². The Morgan fingerprint density at radius 3 is 2.50 bits per heavy atom. The number of para-hydroxylation sites is 1. The third kappa shape index (κ3) is 3.09. The molecule has 0 heterocycles. The Labute approximate surface area is 123 Å². The highest BCUT2D eigenvalue weighted by atomic mass is 35.5. The minimum atomic E-state index is -1.07. The highest BCUT2D eigenvalue weighted by molar-refractivity contribution is 7.99. The van der Waals surface area contributed by atoms with Gasteiger partial charge in [-0.25, -0.2) is 4.79 Å². The predicted molar refractivity (Wildman–Crippen MR) is 75.6 cm³/mol. The molecule has 2 aromatic carbocycles. The van der Waals surface area contributed by atoms with E-state index >= 15 is 0 Å². The molecule has 0 unspecified atom stereocenters. The lowest BCUT2D eigenvalue weighted by Crippen LogP contribution is -1.95. The van der Waals surface area contributed by atoms with Crippen molar-refractivity contribution in [3.8, 4) is 0 Å². The summed E-state index contributed by atoms with van der Waals surface area (Å²) in [6.07, 6.45) is 0. The molecule has 0 aliphatic rings. The molecule has 0 saturated carbocycles. The molecule has 0 aliphatic carbocycles. The first-order chi connectivity index (χ1) is 9.49. The molecule has 0 aromatic heterocycles. The maximum atomic E-state index is 10.9. The SMILES string of the molecule is O=C(O)c1ccc(Sc2ccccc2[N+](=O)[O-])c(Cl)c1. The Kier molecular flexibility index (Phi) is 4.26. The molecule has 2 rings (SSSR count). The fourth-order valence-electron chi connectivity index (χ4n) is 1.53. The first-order valence-corrected chi connectivity index (χ1v) is 6.62. The first-order valence-electron chi connectivity index (χ1n) is 5.43. The number of benzene rings is 2. The van der Waals surface area contributed by atoms with Crippen LogP contribution >= 0.6 is 23.4 Å². The largest absolute Gasteiger partial charge is 0.478 e. The lowest BCUT2D eigenvalue weighted by molar-refractivity contribution is -0.387. The second kappa shape index (κ2) is 5.94. The minimum absolute atomic E-state index is 0.0177. The van der Waals surface area contributed by atoms with Crippen molar-refractivity contribution in [3.05, 3.63) is 63.2 Å². The summed E-state index contributed by atoms with van der Waals surface area (Å²) in [6, 6.07) is 10.6. The van der Waals surface area contributed by atoms with Gasteiger partial charge in [-0.15, -0.1) is 0 Å². The Balaban J connectivity index is 2.36. The number of carboxylic acids is 1. The molecule has 102 valence electrons. The molecule has 1 N–H and O–H groups in total. The summed E-state index contributed by atoms with van der Waals surface area (Å²) in [5.41, 5.74) is 0.0535. The average Bonchev–Trinajstić information content (AvgIpc) is 2.41. The Hall–Kier alpha value is -2.05. The number of nitro benzene ring substituents is 1. The smallest absolute Gasteiger partial charge is 0.335 e. The summed E-state index contributed by atoms with van der Waals surface area (Å²) in [5.74, 6) is -1.07. The van der Waals surface area contributed by atoms with Crippen molar-refractivity contribution in [3.63, 3.8) is 0 Å². The molecule has 0 atom stereocenters. The van der Waals surface area contributed by atoms with Crippen LogP contribution in [0.1, 0.15) is 10.4 Å². The van der Waals surface area contributed by atoms with E-state index in [4.69, 9.17) is 16.7 Å². The summed E-state index contributed by atoms with van der Waals surface area (Å²) in [4.78, 5) is 22.3. The van der Waals surface area contributed by atoms with E-state index < -0.39 is 10.9 Å². The van der Waals surface area contributed by atoms with Crippen LogP contribution < -0.4 is 0 Å². The maximum absolute atomic E-state index is 10.9. The second-order valence-corrected chi connectivity index (χ2v) is 5.27. The Morgan fingerprint density at radius 2 is 1.90 bits per heavy atom. The van der Waals surface area contributed by atoms with E-state index in [9.17, 15) is 14.9 Å². The van der Waals surface area contributed by atoms with Crippen LogP contribution in [0.3, 0.4) is 0 Å². The zero-order chi connectivity index (χ0) is 14.7. The molecular weight excluding hydrogens is 302 g/mol. The van der Waals surface area contributed by atoms with Crippen molar-refractivity contribution < 1.29 is 14.8 Å². The van der Waals surface area contributed by atoms with Gasteiger partial charge in [0, 0.05) is 11.0 Å². The van der Waals surface area contributed by atoms with Gasteiger partial charge in [0.2, 0.25) is 0 Å². The first kappa shape index (κ1) is 14.4. The van der Waals surface area contributed by atoms with Gasteiger partial charge in [-0.2, -0.15) is 0 Å². The van der Waals surface area contributed by atoms with Crippen molar-refractivity contribution in [1.29, 1.82) is 0 Å². The van der Waals surface area contributed by atoms with Gasteiger partial charge in [-0.3, -0.25) is 10.1 Å². The number of carboxylic acid groups (broad SMARTS) is 1. The Bertz CT molecular complexity index is 690. The fourth-order valence-corrected chi connectivity index (χ4v) is 2.75. The van der Waals surface area contributed by atoms with Crippen LogP contribution in [0.4, 0.5) is 5.69 Å². The van der Waals surface area contributed by atoms with E-state index in [-0.39, 0.29) is 16.3 Å². The number of hydrogen-bond donors (Lipinski definition) is 1. The van der Waals surface area contributed by atoms with Crippen LogP contribution in [-0.4, -0.2) is 16.0 Å². The van der Waals surface area contributed by atoms with E-state index in [1.165, 1.54) is 24.3 Å². The third-order valence-corrected chi connectivity index (χ3v) is 4.03. The standard InChI is InChI=1S/C13H8ClNO4S/c14-9-7-8(13(16)17)5-6-11(9)20-12-4-2-1-3-10(12)15(18)19/h1-7H,(H,16,17).